The summed E-state index contributed by atoms with van der Waals surface area (Å²) in [6.45, 7) is 10.8. The van der Waals surface area contributed by atoms with Crippen LogP contribution >= 0.6 is 0 Å². The van der Waals surface area contributed by atoms with Crippen molar-refractivity contribution in [3.05, 3.63) is 82.9 Å². The van der Waals surface area contributed by atoms with Crippen LogP contribution < -0.4 is 0 Å². The molecule has 0 radical (unpaired) electrons. The molecule has 0 bridgehead atoms. The molecule has 0 amide bonds. The van der Waals surface area contributed by atoms with Crippen LogP contribution in [0.4, 0.5) is 0 Å². The molecule has 0 spiro atoms. The number of hydrogen-bond acceptors (Lipinski definition) is 0. The van der Waals surface area contributed by atoms with Gasteiger partial charge >= 0.3 is 159 Å². The molecule has 2 aromatic rings. The Hall–Kier alpha value is -0.776. The Morgan fingerprint density at radius 1 is 0.640 bits per heavy atom. The molecule has 2 aromatic carbocycles. The van der Waals surface area contributed by atoms with Crippen molar-refractivity contribution in [3.63, 3.8) is 0 Å². The standard InChI is InChI=1S/2C9H7.2C2H7Si.Hf/c2*1-2-5-9-7-3-6-8(9)4-1;2*1-3-2;/h2*1-7H;2*3H,1-2H3;. The molecule has 0 aliphatic heterocycles. The van der Waals surface area contributed by atoms with Crippen molar-refractivity contribution in [2.24, 2.45) is 0 Å². The van der Waals surface area contributed by atoms with E-state index >= 15 is 0 Å². The second kappa shape index (κ2) is 6.75. The molecule has 0 fully saturated rings. The van der Waals surface area contributed by atoms with Gasteiger partial charge in [-0.1, -0.05) is 0 Å². The zero-order valence-electron chi connectivity index (χ0n) is 15.7. The maximum atomic E-state index is 2.69. The Balaban J connectivity index is 1.92. The van der Waals surface area contributed by atoms with Crippen molar-refractivity contribution < 1.29 is 18.3 Å². The van der Waals surface area contributed by atoms with Crippen LogP contribution in [0.3, 0.4) is 0 Å². The first-order chi connectivity index (χ1) is 12.1. The minimum atomic E-state index is -2.64. The Bertz CT molecular complexity index is 779. The summed E-state index contributed by atoms with van der Waals surface area (Å²) in [6, 6.07) is 18.5. The summed E-state index contributed by atoms with van der Waals surface area (Å²) in [5.41, 5.74) is 6.33. The number of fused-ring (bicyclic) bond motifs is 2. The van der Waals surface area contributed by atoms with Crippen LogP contribution in [-0.2, 0) is 18.3 Å². The van der Waals surface area contributed by atoms with E-state index in [0.717, 1.165) is 7.35 Å². The Morgan fingerprint density at radius 3 is 1.44 bits per heavy atom. The summed E-state index contributed by atoms with van der Waals surface area (Å²) < 4.78 is 1.62. The minimum absolute atomic E-state index is 0.722. The molecule has 0 saturated heterocycles. The maximum absolute atomic E-state index is 2.69. The van der Waals surface area contributed by atoms with Crippen LogP contribution in [-0.4, -0.2) is 12.0 Å². The molecule has 25 heavy (non-hydrogen) atoms. The molecule has 4 rings (SSSR count). The monoisotopic (exact) mass is 528 g/mol. The van der Waals surface area contributed by atoms with Crippen LogP contribution in [0.25, 0.3) is 12.2 Å². The molecule has 0 saturated carbocycles. The Kier molecular flexibility index (Phi) is 4.76. The normalized spacial score (nSPS) is 21.2. The van der Waals surface area contributed by atoms with Crippen molar-refractivity contribution in [1.82, 2.24) is 0 Å². The van der Waals surface area contributed by atoms with Crippen molar-refractivity contribution >= 4 is 24.1 Å². The molecule has 0 heterocycles. The molecule has 0 nitrogen and oxygen atoms in total. The van der Waals surface area contributed by atoms with Gasteiger partial charge in [0.1, 0.15) is 0 Å². The van der Waals surface area contributed by atoms with Gasteiger partial charge in [-0.15, -0.1) is 0 Å². The molecule has 3 heteroatoms. The summed E-state index contributed by atoms with van der Waals surface area (Å²) >= 11 is -2.64. The second-order valence-corrected chi connectivity index (χ2v) is 71.2. The quantitative estimate of drug-likeness (QED) is 0.452. The topological polar surface area (TPSA) is 0 Å². The van der Waals surface area contributed by atoms with E-state index in [2.05, 4.69) is 99.0 Å². The summed E-state index contributed by atoms with van der Waals surface area (Å²) in [6.07, 6.45) is 10.2. The third-order valence-corrected chi connectivity index (χ3v) is 110. The van der Waals surface area contributed by atoms with Gasteiger partial charge < -0.3 is 0 Å². The van der Waals surface area contributed by atoms with Crippen molar-refractivity contribution in [2.45, 2.75) is 33.5 Å². The first-order valence-electron chi connectivity index (χ1n) is 9.61. The van der Waals surface area contributed by atoms with Gasteiger partial charge in [-0.3, -0.25) is 0 Å². The van der Waals surface area contributed by atoms with Crippen LogP contribution in [0.5, 0.6) is 0 Å². The Morgan fingerprint density at radius 2 is 1.04 bits per heavy atom. The molecule has 0 aromatic heterocycles. The van der Waals surface area contributed by atoms with E-state index in [4.69, 9.17) is 0 Å². The average Bonchev–Trinajstić information content (AvgIpc) is 3.21. The summed E-state index contributed by atoms with van der Waals surface area (Å²) in [4.78, 5) is 0. The number of rotatable bonds is 4. The van der Waals surface area contributed by atoms with E-state index in [0.29, 0.717) is 0 Å². The fraction of sp³-hybridized carbons (Fsp3) is 0.273. The van der Waals surface area contributed by atoms with Crippen molar-refractivity contribution in [2.75, 3.05) is 0 Å². The zero-order valence-corrected chi connectivity index (χ0v) is 21.6. The number of hydrogen-bond donors (Lipinski definition) is 0. The summed E-state index contributed by atoms with van der Waals surface area (Å²) in [5, 5.41) is 0. The van der Waals surface area contributed by atoms with Crippen molar-refractivity contribution in [3.8, 4) is 0 Å². The SMILES string of the molecule is C[SiH](C)[Hf]([CH]1C=Cc2ccccc21)([CH]1C=Cc2ccccc21)[SiH](C)C. The molecule has 2 unspecified atom stereocenters. The molecule has 0 N–H and O–H groups in total. The van der Waals surface area contributed by atoms with Crippen LogP contribution in [0.15, 0.2) is 60.7 Å². The summed E-state index contributed by atoms with van der Waals surface area (Å²) in [5.74, 6) is -1.44. The number of benzene rings is 2. The van der Waals surface area contributed by atoms with Gasteiger partial charge in [0.25, 0.3) is 0 Å². The van der Waals surface area contributed by atoms with Gasteiger partial charge in [0.2, 0.25) is 0 Å². The van der Waals surface area contributed by atoms with Crippen LogP contribution in [0.2, 0.25) is 26.2 Å². The molecule has 128 valence electrons. The van der Waals surface area contributed by atoms with Gasteiger partial charge in [-0.05, 0) is 0 Å². The second-order valence-electron chi connectivity index (χ2n) is 8.24. The fourth-order valence-electron chi connectivity index (χ4n) is 5.67. The van der Waals surface area contributed by atoms with E-state index in [-0.39, 0.29) is 0 Å². The number of allylic oxidation sites excluding steroid dienone is 2. The zero-order chi connectivity index (χ0) is 17.6. The van der Waals surface area contributed by atoms with Gasteiger partial charge in [0.05, 0.1) is 0 Å². The van der Waals surface area contributed by atoms with E-state index in [9.17, 15) is 0 Å². The third-order valence-electron chi connectivity index (χ3n) is 6.68. The van der Waals surface area contributed by atoms with E-state index in [1.54, 1.807) is 11.1 Å². The van der Waals surface area contributed by atoms with E-state index in [1.807, 2.05) is 0 Å². The van der Waals surface area contributed by atoms with E-state index < -0.39 is 30.3 Å². The van der Waals surface area contributed by atoms with Gasteiger partial charge in [0.15, 0.2) is 0 Å². The Labute approximate surface area is 158 Å². The first-order valence-corrected chi connectivity index (χ1v) is 32.0. The fourth-order valence-corrected chi connectivity index (χ4v) is 108. The van der Waals surface area contributed by atoms with E-state index in [1.165, 1.54) is 11.1 Å². The summed E-state index contributed by atoms with van der Waals surface area (Å²) in [7, 11) is 0. The molecule has 2 atom stereocenters. The molecule has 2 aliphatic rings. The average molecular weight is 527 g/mol. The molecular weight excluding hydrogens is 499 g/mol. The van der Waals surface area contributed by atoms with Crippen LogP contribution in [0, 0.1) is 0 Å². The first kappa shape index (κ1) is 17.6. The molecular formula is C22H28HfSi2. The van der Waals surface area contributed by atoms with Gasteiger partial charge in [-0.2, -0.15) is 0 Å². The van der Waals surface area contributed by atoms with Crippen molar-refractivity contribution in [1.29, 1.82) is 0 Å². The third kappa shape index (κ3) is 2.62. The predicted octanol–water partition coefficient (Wildman–Crippen LogP) is 5.64. The van der Waals surface area contributed by atoms with Gasteiger partial charge in [-0.25, -0.2) is 0 Å². The van der Waals surface area contributed by atoms with Gasteiger partial charge in [0, 0.05) is 0 Å². The predicted molar refractivity (Wildman–Crippen MR) is 114 cm³/mol. The van der Waals surface area contributed by atoms with Crippen LogP contribution in [0.1, 0.15) is 29.6 Å². The molecule has 2 aliphatic carbocycles.